The highest BCUT2D eigenvalue weighted by molar-refractivity contribution is 5.61. The molecule has 9 heteroatoms. The first-order valence-electron chi connectivity index (χ1n) is 14.4. The minimum absolute atomic E-state index is 0.0899. The second-order valence-corrected chi connectivity index (χ2v) is 10.5. The van der Waals surface area contributed by atoms with E-state index in [0.29, 0.717) is 24.3 Å². The molecule has 4 aromatic rings. The number of rotatable bonds is 12. The zero-order valence-corrected chi connectivity index (χ0v) is 23.8. The van der Waals surface area contributed by atoms with E-state index in [1.165, 1.54) is 6.07 Å². The van der Waals surface area contributed by atoms with Gasteiger partial charge in [0.1, 0.15) is 28.9 Å². The van der Waals surface area contributed by atoms with Gasteiger partial charge in [0, 0.05) is 29.9 Å². The third-order valence-electron chi connectivity index (χ3n) is 7.73. The van der Waals surface area contributed by atoms with Gasteiger partial charge in [0.25, 0.3) is 0 Å². The summed E-state index contributed by atoms with van der Waals surface area (Å²) in [6, 6.07) is 17.6. The van der Waals surface area contributed by atoms with Gasteiger partial charge in [0.2, 0.25) is 0 Å². The molecule has 0 saturated heterocycles. The Morgan fingerprint density at radius 2 is 1.57 bits per heavy atom. The van der Waals surface area contributed by atoms with Gasteiger partial charge < -0.3 is 18.9 Å². The molecular formula is C33H35F4N3O2. The van der Waals surface area contributed by atoms with Crippen molar-refractivity contribution in [2.75, 3.05) is 26.2 Å². The zero-order chi connectivity index (χ0) is 29.7. The summed E-state index contributed by atoms with van der Waals surface area (Å²) < 4.78 is 66.5. The Morgan fingerprint density at radius 3 is 2.19 bits per heavy atom. The number of imidazole rings is 1. The Bertz CT molecular complexity index is 1460. The van der Waals surface area contributed by atoms with Crippen molar-refractivity contribution in [3.8, 4) is 34.2 Å². The molecule has 5 rings (SSSR count). The van der Waals surface area contributed by atoms with Gasteiger partial charge in [-0.25, -0.2) is 9.37 Å². The minimum Gasteiger partial charge on any atom is -0.494 e. The van der Waals surface area contributed by atoms with Gasteiger partial charge in [-0.05, 0) is 99.1 Å². The molecule has 0 aliphatic heterocycles. The van der Waals surface area contributed by atoms with E-state index in [0.717, 1.165) is 79.9 Å². The van der Waals surface area contributed by atoms with E-state index in [9.17, 15) is 17.6 Å². The Labute approximate surface area is 243 Å². The first-order chi connectivity index (χ1) is 20.2. The fourth-order valence-electron chi connectivity index (χ4n) is 5.03. The molecule has 0 bridgehead atoms. The molecule has 0 spiro atoms. The Balaban J connectivity index is 1.29. The number of ether oxygens (including phenoxy) is 2. The maximum absolute atomic E-state index is 13.6. The quantitative estimate of drug-likeness (QED) is 0.124. The Morgan fingerprint density at radius 1 is 0.905 bits per heavy atom. The normalized spacial score (nSPS) is 13.8. The second-order valence-electron chi connectivity index (χ2n) is 10.5. The molecule has 0 radical (unpaired) electrons. The van der Waals surface area contributed by atoms with Crippen LogP contribution in [0.4, 0.5) is 17.6 Å². The summed E-state index contributed by atoms with van der Waals surface area (Å²) in [4.78, 5) is 7.37. The van der Waals surface area contributed by atoms with Crippen LogP contribution in [-0.4, -0.2) is 40.7 Å². The van der Waals surface area contributed by atoms with Crippen molar-refractivity contribution in [1.82, 2.24) is 14.5 Å². The average molecular weight is 582 g/mol. The van der Waals surface area contributed by atoms with Gasteiger partial charge in [0.05, 0.1) is 17.9 Å². The van der Waals surface area contributed by atoms with Crippen molar-refractivity contribution >= 4 is 0 Å². The van der Waals surface area contributed by atoms with Crippen LogP contribution in [0.3, 0.4) is 0 Å². The number of aromatic nitrogens is 2. The molecule has 5 nitrogen and oxygen atoms in total. The van der Waals surface area contributed by atoms with Crippen LogP contribution >= 0.6 is 0 Å². The highest BCUT2D eigenvalue weighted by Crippen LogP contribution is 2.39. The number of hydrogen-bond acceptors (Lipinski definition) is 4. The average Bonchev–Trinajstić information content (AvgIpc) is 3.38. The number of nitrogens with zero attached hydrogens (tertiary/aromatic N) is 3. The third-order valence-corrected chi connectivity index (χ3v) is 7.73. The van der Waals surface area contributed by atoms with Crippen molar-refractivity contribution in [3.63, 3.8) is 0 Å². The topological polar surface area (TPSA) is 39.5 Å². The molecule has 1 aliphatic rings. The lowest BCUT2D eigenvalue weighted by Gasteiger charge is -2.25. The molecule has 1 heterocycles. The van der Waals surface area contributed by atoms with Crippen molar-refractivity contribution in [3.05, 3.63) is 90.1 Å². The number of alkyl halides is 3. The van der Waals surface area contributed by atoms with E-state index >= 15 is 0 Å². The molecular weight excluding hydrogens is 546 g/mol. The fraction of sp³-hybridized carbons (Fsp3) is 0.364. The number of halogens is 4. The molecule has 1 aromatic heterocycles. The molecule has 42 heavy (non-hydrogen) atoms. The second kappa shape index (κ2) is 13.0. The highest BCUT2D eigenvalue weighted by Gasteiger charge is 2.34. The van der Waals surface area contributed by atoms with E-state index in [1.807, 2.05) is 42.6 Å². The zero-order valence-electron chi connectivity index (χ0n) is 23.8. The first kappa shape index (κ1) is 29.6. The molecule has 0 N–H and O–H groups in total. The van der Waals surface area contributed by atoms with E-state index < -0.39 is 17.6 Å². The van der Waals surface area contributed by atoms with Crippen LogP contribution in [0.15, 0.2) is 72.9 Å². The van der Waals surface area contributed by atoms with Crippen LogP contribution in [0.5, 0.6) is 17.2 Å². The van der Waals surface area contributed by atoms with Gasteiger partial charge >= 0.3 is 6.18 Å². The van der Waals surface area contributed by atoms with Crippen LogP contribution in [0, 0.1) is 5.82 Å². The van der Waals surface area contributed by atoms with Gasteiger partial charge in [-0.1, -0.05) is 20.3 Å². The van der Waals surface area contributed by atoms with Gasteiger partial charge in [-0.15, -0.1) is 0 Å². The maximum atomic E-state index is 13.6. The van der Waals surface area contributed by atoms with Crippen molar-refractivity contribution in [2.24, 2.45) is 0 Å². The monoisotopic (exact) mass is 581 g/mol. The molecule has 0 unspecified atom stereocenters. The Kier molecular flexibility index (Phi) is 9.16. The van der Waals surface area contributed by atoms with Crippen LogP contribution in [0.1, 0.15) is 56.8 Å². The standard InChI is InChI=1S/C33H35F4N3O2/c1-3-39(4-2)19-6-20-41-26-13-9-23(10-14-26)31-22-40(32(38-31)24-7-5-8-24)25-11-15-27(16-12-25)42-28-17-18-30(34)29(21-28)33(35,36)37/h9-18,21-22,24H,3-8,19-20H2,1-2H3. The molecule has 0 amide bonds. The van der Waals surface area contributed by atoms with E-state index in [4.69, 9.17) is 14.5 Å². The summed E-state index contributed by atoms with van der Waals surface area (Å²) in [6.07, 6.45) is 1.49. The van der Waals surface area contributed by atoms with Crippen LogP contribution < -0.4 is 9.47 Å². The van der Waals surface area contributed by atoms with E-state index in [1.54, 1.807) is 12.1 Å². The lowest BCUT2D eigenvalue weighted by Crippen LogP contribution is -2.25. The molecule has 222 valence electrons. The SMILES string of the molecule is CCN(CC)CCCOc1ccc(-c2cn(-c3ccc(Oc4ccc(F)c(C(F)(F)F)c4)cc3)c(C3CCC3)n2)cc1. The minimum atomic E-state index is -4.80. The summed E-state index contributed by atoms with van der Waals surface area (Å²) in [5, 5.41) is 0. The summed E-state index contributed by atoms with van der Waals surface area (Å²) in [5.74, 6) is 1.09. The fourth-order valence-corrected chi connectivity index (χ4v) is 5.03. The van der Waals surface area contributed by atoms with E-state index in [2.05, 4.69) is 23.3 Å². The lowest BCUT2D eigenvalue weighted by molar-refractivity contribution is -0.140. The number of benzene rings is 3. The molecule has 1 aliphatic carbocycles. The van der Waals surface area contributed by atoms with Crippen molar-refractivity contribution in [1.29, 1.82) is 0 Å². The van der Waals surface area contributed by atoms with Gasteiger partial charge in [0.15, 0.2) is 0 Å². The number of hydrogen-bond donors (Lipinski definition) is 0. The summed E-state index contributed by atoms with van der Waals surface area (Å²) in [7, 11) is 0. The Hall–Kier alpha value is -3.85. The van der Waals surface area contributed by atoms with Crippen molar-refractivity contribution < 1.29 is 27.0 Å². The first-order valence-corrected chi connectivity index (χ1v) is 14.4. The molecule has 1 saturated carbocycles. The smallest absolute Gasteiger partial charge is 0.419 e. The molecule has 0 atom stereocenters. The summed E-state index contributed by atoms with van der Waals surface area (Å²) in [5.41, 5.74) is 1.35. The van der Waals surface area contributed by atoms with Crippen LogP contribution in [-0.2, 0) is 6.18 Å². The van der Waals surface area contributed by atoms with Gasteiger partial charge in [-0.3, -0.25) is 0 Å². The van der Waals surface area contributed by atoms with Crippen LogP contribution in [0.25, 0.3) is 16.9 Å². The highest BCUT2D eigenvalue weighted by atomic mass is 19.4. The predicted octanol–water partition coefficient (Wildman–Crippen LogP) is 8.87. The summed E-state index contributed by atoms with van der Waals surface area (Å²) in [6.45, 7) is 8.10. The van der Waals surface area contributed by atoms with Crippen molar-refractivity contribution in [2.45, 2.75) is 51.6 Å². The van der Waals surface area contributed by atoms with Crippen LogP contribution in [0.2, 0.25) is 0 Å². The van der Waals surface area contributed by atoms with Gasteiger partial charge in [-0.2, -0.15) is 13.2 Å². The predicted molar refractivity (Wildman–Crippen MR) is 155 cm³/mol. The van der Waals surface area contributed by atoms with E-state index in [-0.39, 0.29) is 5.75 Å². The molecule has 1 fully saturated rings. The third kappa shape index (κ3) is 6.95. The summed E-state index contributed by atoms with van der Waals surface area (Å²) >= 11 is 0. The lowest BCUT2D eigenvalue weighted by atomic mass is 9.85. The maximum Gasteiger partial charge on any atom is 0.419 e. The molecule has 3 aromatic carbocycles. The largest absolute Gasteiger partial charge is 0.494 e.